The second kappa shape index (κ2) is 5.15. The third-order valence-electron chi connectivity index (χ3n) is 3.31. The molecule has 0 radical (unpaired) electrons. The van der Waals surface area contributed by atoms with Crippen LogP contribution in [0.3, 0.4) is 0 Å². The highest BCUT2D eigenvalue weighted by Crippen LogP contribution is 2.29. The molecule has 0 saturated heterocycles. The Morgan fingerprint density at radius 3 is 2.76 bits per heavy atom. The highest BCUT2D eigenvalue weighted by molar-refractivity contribution is 5.11. The summed E-state index contributed by atoms with van der Waals surface area (Å²) in [6.07, 6.45) is 5.34. The number of aromatic nitrogens is 1. The normalized spacial score (nSPS) is 19.5. The molecule has 0 atom stereocenters. The van der Waals surface area contributed by atoms with Crippen LogP contribution in [-0.2, 0) is 17.9 Å². The van der Waals surface area contributed by atoms with Crippen LogP contribution < -0.4 is 5.32 Å². The Balaban J connectivity index is 1.46. The lowest BCUT2D eigenvalue weighted by Crippen LogP contribution is -2.16. The molecule has 0 aromatic carbocycles. The zero-order chi connectivity index (χ0) is 11.5. The van der Waals surface area contributed by atoms with Crippen molar-refractivity contribution in [2.24, 2.45) is 5.92 Å². The first-order chi connectivity index (χ1) is 8.40. The molecule has 1 N–H and O–H groups in total. The van der Waals surface area contributed by atoms with E-state index in [1.165, 1.54) is 25.7 Å². The fraction of sp³-hybridized carbons (Fsp3) is 0.643. The summed E-state index contributed by atoms with van der Waals surface area (Å²) in [6, 6.07) is 6.95. The smallest absolute Gasteiger partial charge is 0.0888 e. The lowest BCUT2D eigenvalue weighted by molar-refractivity contribution is 0.108. The fourth-order valence-corrected chi connectivity index (χ4v) is 1.86. The van der Waals surface area contributed by atoms with Gasteiger partial charge in [-0.2, -0.15) is 0 Å². The zero-order valence-electron chi connectivity index (χ0n) is 10.2. The number of nitrogens with zero attached hydrogens (tertiary/aromatic N) is 1. The molecule has 0 bridgehead atoms. The molecule has 0 spiro atoms. The molecule has 1 heterocycles. The number of nitrogens with one attached hydrogen (secondary N) is 1. The van der Waals surface area contributed by atoms with Crippen LogP contribution in [0.4, 0.5) is 0 Å². The topological polar surface area (TPSA) is 34.2 Å². The van der Waals surface area contributed by atoms with E-state index in [1.807, 2.05) is 6.07 Å². The molecule has 3 rings (SSSR count). The van der Waals surface area contributed by atoms with Gasteiger partial charge in [-0.15, -0.1) is 0 Å². The molecule has 17 heavy (non-hydrogen) atoms. The largest absolute Gasteiger partial charge is 0.375 e. The van der Waals surface area contributed by atoms with Crippen LogP contribution >= 0.6 is 0 Å². The van der Waals surface area contributed by atoms with Gasteiger partial charge in [-0.1, -0.05) is 6.07 Å². The SMILES string of the molecule is c1cc(CNC2CC2)nc(COCC2CC2)c1. The summed E-state index contributed by atoms with van der Waals surface area (Å²) >= 11 is 0. The van der Waals surface area contributed by atoms with Gasteiger partial charge in [0.25, 0.3) is 0 Å². The number of hydrogen-bond acceptors (Lipinski definition) is 3. The molecular weight excluding hydrogens is 212 g/mol. The Kier molecular flexibility index (Phi) is 3.39. The van der Waals surface area contributed by atoms with Crippen molar-refractivity contribution in [1.29, 1.82) is 0 Å². The summed E-state index contributed by atoms with van der Waals surface area (Å²) in [7, 11) is 0. The quantitative estimate of drug-likeness (QED) is 0.783. The van der Waals surface area contributed by atoms with Crippen LogP contribution in [-0.4, -0.2) is 17.6 Å². The average Bonchev–Trinajstić information content (AvgIpc) is 3.22. The first-order valence-corrected chi connectivity index (χ1v) is 6.66. The van der Waals surface area contributed by atoms with Crippen molar-refractivity contribution in [3.8, 4) is 0 Å². The lowest BCUT2D eigenvalue weighted by atomic mass is 10.3. The average molecular weight is 232 g/mol. The van der Waals surface area contributed by atoms with Gasteiger partial charge >= 0.3 is 0 Å². The third-order valence-corrected chi connectivity index (χ3v) is 3.31. The number of pyridine rings is 1. The minimum absolute atomic E-state index is 0.660. The summed E-state index contributed by atoms with van der Waals surface area (Å²) in [6.45, 7) is 2.46. The molecule has 0 amide bonds. The van der Waals surface area contributed by atoms with Gasteiger partial charge in [-0.3, -0.25) is 4.98 Å². The number of ether oxygens (including phenoxy) is 1. The Labute approximate surface area is 103 Å². The maximum atomic E-state index is 5.65. The van der Waals surface area contributed by atoms with E-state index in [0.29, 0.717) is 6.61 Å². The first kappa shape index (κ1) is 11.2. The van der Waals surface area contributed by atoms with Gasteiger partial charge < -0.3 is 10.1 Å². The van der Waals surface area contributed by atoms with Crippen LogP contribution in [0.2, 0.25) is 0 Å². The van der Waals surface area contributed by atoms with Gasteiger partial charge in [0.1, 0.15) is 0 Å². The zero-order valence-corrected chi connectivity index (χ0v) is 10.2. The van der Waals surface area contributed by atoms with E-state index < -0.39 is 0 Å². The van der Waals surface area contributed by atoms with Crippen LogP contribution in [0.1, 0.15) is 37.1 Å². The lowest BCUT2D eigenvalue weighted by Gasteiger charge is -2.06. The fourth-order valence-electron chi connectivity index (χ4n) is 1.86. The highest BCUT2D eigenvalue weighted by atomic mass is 16.5. The van der Waals surface area contributed by atoms with Crippen molar-refractivity contribution in [2.45, 2.75) is 44.9 Å². The van der Waals surface area contributed by atoms with Crippen molar-refractivity contribution in [3.05, 3.63) is 29.6 Å². The van der Waals surface area contributed by atoms with E-state index in [2.05, 4.69) is 22.4 Å². The molecule has 92 valence electrons. The molecule has 2 aliphatic rings. The number of rotatable bonds is 7. The minimum atomic E-state index is 0.660. The maximum absolute atomic E-state index is 5.65. The Hall–Kier alpha value is -0.930. The third kappa shape index (κ3) is 3.79. The van der Waals surface area contributed by atoms with Crippen molar-refractivity contribution < 1.29 is 4.74 Å². The summed E-state index contributed by atoms with van der Waals surface area (Å²) in [5.41, 5.74) is 2.19. The highest BCUT2D eigenvalue weighted by Gasteiger charge is 2.21. The standard InChI is InChI=1S/C14H20N2O/c1-2-13(8-15-12-6-7-12)16-14(3-1)10-17-9-11-4-5-11/h1-3,11-12,15H,4-10H2. The van der Waals surface area contributed by atoms with Gasteiger partial charge in [0, 0.05) is 19.2 Å². The molecule has 2 fully saturated rings. The van der Waals surface area contributed by atoms with Crippen LogP contribution in [0.15, 0.2) is 18.2 Å². The summed E-state index contributed by atoms with van der Waals surface area (Å²) in [4.78, 5) is 4.60. The molecular formula is C14H20N2O. The second-order valence-electron chi connectivity index (χ2n) is 5.23. The first-order valence-electron chi connectivity index (χ1n) is 6.66. The van der Waals surface area contributed by atoms with Gasteiger partial charge in [0.05, 0.1) is 18.0 Å². The molecule has 1 aromatic rings. The molecule has 3 heteroatoms. The van der Waals surface area contributed by atoms with Gasteiger partial charge in [0.2, 0.25) is 0 Å². The second-order valence-corrected chi connectivity index (χ2v) is 5.23. The van der Waals surface area contributed by atoms with Crippen LogP contribution in [0.5, 0.6) is 0 Å². The van der Waals surface area contributed by atoms with Gasteiger partial charge in [-0.25, -0.2) is 0 Å². The van der Waals surface area contributed by atoms with Crippen molar-refractivity contribution >= 4 is 0 Å². The van der Waals surface area contributed by atoms with E-state index in [-0.39, 0.29) is 0 Å². The summed E-state index contributed by atoms with van der Waals surface area (Å²) in [5.74, 6) is 0.828. The van der Waals surface area contributed by atoms with Gasteiger partial charge in [0.15, 0.2) is 0 Å². The summed E-state index contributed by atoms with van der Waals surface area (Å²) in [5, 5.41) is 3.48. The Morgan fingerprint density at radius 2 is 2.00 bits per heavy atom. The van der Waals surface area contributed by atoms with E-state index in [9.17, 15) is 0 Å². The van der Waals surface area contributed by atoms with Crippen molar-refractivity contribution in [1.82, 2.24) is 10.3 Å². The minimum Gasteiger partial charge on any atom is -0.375 e. The van der Waals surface area contributed by atoms with E-state index in [1.54, 1.807) is 0 Å². The molecule has 2 saturated carbocycles. The maximum Gasteiger partial charge on any atom is 0.0888 e. The van der Waals surface area contributed by atoms with E-state index >= 15 is 0 Å². The van der Waals surface area contributed by atoms with Gasteiger partial charge in [-0.05, 0) is 43.7 Å². The van der Waals surface area contributed by atoms with Crippen molar-refractivity contribution in [2.75, 3.05) is 6.61 Å². The molecule has 0 unspecified atom stereocenters. The van der Waals surface area contributed by atoms with E-state index in [4.69, 9.17) is 4.74 Å². The Morgan fingerprint density at radius 1 is 1.18 bits per heavy atom. The predicted octanol–water partition coefficient (Wildman–Crippen LogP) is 2.26. The molecule has 2 aliphatic carbocycles. The van der Waals surface area contributed by atoms with Crippen LogP contribution in [0, 0.1) is 5.92 Å². The summed E-state index contributed by atoms with van der Waals surface area (Å²) < 4.78 is 5.65. The Bertz CT molecular complexity index is 372. The predicted molar refractivity (Wildman–Crippen MR) is 66.5 cm³/mol. The van der Waals surface area contributed by atoms with Crippen molar-refractivity contribution in [3.63, 3.8) is 0 Å². The molecule has 3 nitrogen and oxygen atoms in total. The van der Waals surface area contributed by atoms with E-state index in [0.717, 1.165) is 36.5 Å². The molecule has 1 aromatic heterocycles. The number of hydrogen-bond donors (Lipinski definition) is 1. The molecule has 0 aliphatic heterocycles. The van der Waals surface area contributed by atoms with Crippen LogP contribution in [0.25, 0.3) is 0 Å². The monoisotopic (exact) mass is 232 g/mol.